The van der Waals surface area contributed by atoms with E-state index in [4.69, 9.17) is 0 Å². The minimum Gasteiger partial charge on any atom is -0.508 e. The van der Waals surface area contributed by atoms with Crippen LogP contribution in [0.5, 0.6) is 5.75 Å². The van der Waals surface area contributed by atoms with Gasteiger partial charge in [-0.2, -0.15) is 0 Å². The predicted molar refractivity (Wildman–Crippen MR) is 90.8 cm³/mol. The van der Waals surface area contributed by atoms with Gasteiger partial charge in [0, 0.05) is 0 Å². The van der Waals surface area contributed by atoms with Crippen LogP contribution in [0, 0.1) is 10.8 Å². The van der Waals surface area contributed by atoms with E-state index in [1.165, 1.54) is 49.7 Å². The SMILES string of the molecule is CC(C)(C)CCCc1cccc(O)c1CCCC1(C)CC1. The number of rotatable bonds is 7. The molecule has 0 bridgehead atoms. The van der Waals surface area contributed by atoms with Crippen molar-refractivity contribution < 1.29 is 5.11 Å². The van der Waals surface area contributed by atoms with Gasteiger partial charge in [-0.1, -0.05) is 39.8 Å². The molecule has 0 spiro atoms. The van der Waals surface area contributed by atoms with Crippen LogP contribution in [0.3, 0.4) is 0 Å². The third-order valence-corrected chi connectivity index (χ3v) is 4.93. The Morgan fingerprint density at radius 2 is 1.81 bits per heavy atom. The first-order valence-electron chi connectivity index (χ1n) is 8.59. The average Bonchev–Trinajstić information content (AvgIpc) is 3.09. The zero-order valence-corrected chi connectivity index (χ0v) is 14.3. The topological polar surface area (TPSA) is 20.2 Å². The summed E-state index contributed by atoms with van der Waals surface area (Å²) in [5.74, 6) is 0.504. The molecule has 1 saturated carbocycles. The van der Waals surface area contributed by atoms with Crippen LogP contribution >= 0.6 is 0 Å². The molecule has 21 heavy (non-hydrogen) atoms. The quantitative estimate of drug-likeness (QED) is 0.664. The summed E-state index contributed by atoms with van der Waals surface area (Å²) >= 11 is 0. The number of benzene rings is 1. The molecule has 1 aliphatic carbocycles. The predicted octanol–water partition coefficient (Wildman–Crippen LogP) is 5.88. The van der Waals surface area contributed by atoms with Crippen molar-refractivity contribution in [1.82, 2.24) is 0 Å². The second-order valence-electron chi connectivity index (χ2n) is 8.49. The number of hydrogen-bond donors (Lipinski definition) is 1. The first kappa shape index (κ1) is 16.4. The molecule has 0 radical (unpaired) electrons. The molecule has 0 saturated heterocycles. The highest BCUT2D eigenvalue weighted by molar-refractivity contribution is 5.39. The van der Waals surface area contributed by atoms with Crippen LogP contribution < -0.4 is 0 Å². The Balaban J connectivity index is 1.91. The smallest absolute Gasteiger partial charge is 0.119 e. The summed E-state index contributed by atoms with van der Waals surface area (Å²) in [5, 5.41) is 10.2. The fraction of sp³-hybridized carbons (Fsp3) is 0.700. The number of aromatic hydroxyl groups is 1. The molecular weight excluding hydrogens is 256 g/mol. The average molecular weight is 288 g/mol. The first-order chi connectivity index (χ1) is 9.79. The van der Waals surface area contributed by atoms with Crippen molar-refractivity contribution in [2.75, 3.05) is 0 Å². The Labute approximate surface area is 130 Å². The lowest BCUT2D eigenvalue weighted by Gasteiger charge is -2.19. The molecular formula is C20H32O. The molecule has 1 fully saturated rings. The van der Waals surface area contributed by atoms with E-state index >= 15 is 0 Å². The maximum Gasteiger partial charge on any atom is 0.119 e. The van der Waals surface area contributed by atoms with Crippen LogP contribution in [0.1, 0.15) is 77.3 Å². The van der Waals surface area contributed by atoms with Crippen LogP contribution in [0.4, 0.5) is 0 Å². The van der Waals surface area contributed by atoms with E-state index in [0.29, 0.717) is 16.6 Å². The van der Waals surface area contributed by atoms with Crippen LogP contribution in [-0.2, 0) is 12.8 Å². The number of aryl methyl sites for hydroxylation is 1. The first-order valence-corrected chi connectivity index (χ1v) is 8.59. The van der Waals surface area contributed by atoms with Gasteiger partial charge in [-0.25, -0.2) is 0 Å². The van der Waals surface area contributed by atoms with Crippen molar-refractivity contribution >= 4 is 0 Å². The molecule has 0 atom stereocenters. The lowest BCUT2D eigenvalue weighted by Crippen LogP contribution is -2.06. The molecule has 0 aliphatic heterocycles. The maximum absolute atomic E-state index is 10.2. The molecule has 0 heterocycles. The second-order valence-corrected chi connectivity index (χ2v) is 8.49. The third kappa shape index (κ3) is 5.37. The molecule has 0 unspecified atom stereocenters. The van der Waals surface area contributed by atoms with Crippen LogP contribution in [-0.4, -0.2) is 5.11 Å². The van der Waals surface area contributed by atoms with Crippen LogP contribution in [0.15, 0.2) is 18.2 Å². The van der Waals surface area contributed by atoms with Gasteiger partial charge in [0.15, 0.2) is 0 Å². The van der Waals surface area contributed by atoms with E-state index < -0.39 is 0 Å². The lowest BCUT2D eigenvalue weighted by molar-refractivity contribution is 0.365. The molecule has 1 heteroatoms. The highest BCUT2D eigenvalue weighted by Crippen LogP contribution is 2.49. The summed E-state index contributed by atoms with van der Waals surface area (Å²) < 4.78 is 0. The van der Waals surface area contributed by atoms with Crippen molar-refractivity contribution in [2.24, 2.45) is 10.8 Å². The van der Waals surface area contributed by atoms with Gasteiger partial charge in [0.25, 0.3) is 0 Å². The molecule has 118 valence electrons. The molecule has 2 rings (SSSR count). The summed E-state index contributed by atoms with van der Waals surface area (Å²) in [4.78, 5) is 0. The largest absolute Gasteiger partial charge is 0.508 e. The van der Waals surface area contributed by atoms with Crippen molar-refractivity contribution in [3.63, 3.8) is 0 Å². The van der Waals surface area contributed by atoms with E-state index in [2.05, 4.69) is 33.8 Å². The van der Waals surface area contributed by atoms with Crippen molar-refractivity contribution in [3.05, 3.63) is 29.3 Å². The van der Waals surface area contributed by atoms with Crippen LogP contribution in [0.2, 0.25) is 0 Å². The molecule has 1 nitrogen and oxygen atoms in total. The highest BCUT2D eigenvalue weighted by Gasteiger charge is 2.36. The van der Waals surface area contributed by atoms with Gasteiger partial charge < -0.3 is 5.11 Å². The molecule has 1 aromatic carbocycles. The molecule has 0 aromatic heterocycles. The third-order valence-electron chi connectivity index (χ3n) is 4.93. The number of hydrogen-bond acceptors (Lipinski definition) is 1. The second kappa shape index (κ2) is 6.42. The van der Waals surface area contributed by atoms with E-state index in [9.17, 15) is 5.11 Å². The summed E-state index contributed by atoms with van der Waals surface area (Å²) in [7, 11) is 0. The van der Waals surface area contributed by atoms with Crippen molar-refractivity contribution in [3.8, 4) is 5.75 Å². The Morgan fingerprint density at radius 3 is 2.43 bits per heavy atom. The Bertz CT molecular complexity index is 463. The summed E-state index contributed by atoms with van der Waals surface area (Å²) in [5.41, 5.74) is 3.59. The van der Waals surface area contributed by atoms with Gasteiger partial charge in [-0.05, 0) is 79.4 Å². The van der Waals surface area contributed by atoms with E-state index in [1.807, 2.05) is 12.1 Å². The van der Waals surface area contributed by atoms with Gasteiger partial charge in [0.2, 0.25) is 0 Å². The van der Waals surface area contributed by atoms with Crippen molar-refractivity contribution in [2.45, 2.75) is 79.1 Å². The molecule has 1 N–H and O–H groups in total. The Morgan fingerprint density at radius 1 is 1.10 bits per heavy atom. The van der Waals surface area contributed by atoms with Crippen molar-refractivity contribution in [1.29, 1.82) is 0 Å². The Hall–Kier alpha value is -0.980. The minimum absolute atomic E-state index is 0.400. The monoisotopic (exact) mass is 288 g/mol. The highest BCUT2D eigenvalue weighted by atomic mass is 16.3. The van der Waals surface area contributed by atoms with Gasteiger partial charge >= 0.3 is 0 Å². The minimum atomic E-state index is 0.400. The van der Waals surface area contributed by atoms with Gasteiger partial charge in [0.05, 0.1) is 0 Å². The number of phenolic OH excluding ortho intramolecular Hbond substituents is 1. The summed E-state index contributed by atoms with van der Waals surface area (Å²) in [6.45, 7) is 9.29. The van der Waals surface area contributed by atoms with E-state index in [1.54, 1.807) is 0 Å². The maximum atomic E-state index is 10.2. The fourth-order valence-corrected chi connectivity index (χ4v) is 3.11. The zero-order valence-electron chi connectivity index (χ0n) is 14.3. The normalized spacial score (nSPS) is 17.0. The Kier molecular flexibility index (Phi) is 5.01. The fourth-order valence-electron chi connectivity index (χ4n) is 3.11. The van der Waals surface area contributed by atoms with Gasteiger partial charge in [-0.3, -0.25) is 0 Å². The summed E-state index contributed by atoms with van der Waals surface area (Å²) in [6.07, 6.45) is 9.88. The standard InChI is InChI=1S/C20H32O/c1-19(2,3)12-6-9-16-8-5-11-18(21)17(16)10-7-13-20(4)14-15-20/h5,8,11,21H,6-7,9-10,12-15H2,1-4H3. The molecule has 0 amide bonds. The molecule has 1 aliphatic rings. The lowest BCUT2D eigenvalue weighted by atomic mass is 9.87. The van der Waals surface area contributed by atoms with E-state index in [0.717, 1.165) is 12.8 Å². The van der Waals surface area contributed by atoms with Gasteiger partial charge in [0.1, 0.15) is 5.75 Å². The van der Waals surface area contributed by atoms with E-state index in [-0.39, 0.29) is 0 Å². The van der Waals surface area contributed by atoms with Gasteiger partial charge in [-0.15, -0.1) is 0 Å². The van der Waals surface area contributed by atoms with Crippen LogP contribution in [0.25, 0.3) is 0 Å². The number of phenols is 1. The molecule has 1 aromatic rings. The zero-order chi connectivity index (χ0) is 15.5. The summed E-state index contributed by atoms with van der Waals surface area (Å²) in [6, 6.07) is 6.05.